The van der Waals surface area contributed by atoms with Crippen LogP contribution in [0.3, 0.4) is 0 Å². The fourth-order valence-electron chi connectivity index (χ4n) is 8.55. The highest BCUT2D eigenvalue weighted by molar-refractivity contribution is 6.28. The van der Waals surface area contributed by atoms with Crippen molar-refractivity contribution in [2.24, 2.45) is 0 Å². The molecule has 3 nitrogen and oxygen atoms in total. The Morgan fingerprint density at radius 3 is 1.43 bits per heavy atom. The van der Waals surface area contributed by atoms with Crippen molar-refractivity contribution in [2.45, 2.75) is 0 Å². The normalized spacial score (nSPS) is 12.1. The molecule has 0 radical (unpaired) electrons. The van der Waals surface area contributed by atoms with Crippen molar-refractivity contribution in [1.29, 1.82) is 0 Å². The fourth-order valence-corrected chi connectivity index (χ4v) is 8.55. The standard InChI is InChI=1S/C46H29N3/c1-3-10-29(11-4-1)40-34-14-7-8-15-35(34)41(30-12-5-2-6-13-30)44-39-23-22-32(33-16-9-17-38(42(33)39)43(40)44)28-18-20-31(21-19-28)49-45-36(24-26-47-45)37-25-27-48-46(37)49/h1-27,47-48H. The molecular weight excluding hydrogens is 595 g/mol. The predicted molar refractivity (Wildman–Crippen MR) is 205 cm³/mol. The van der Waals surface area contributed by atoms with Crippen molar-refractivity contribution in [2.75, 3.05) is 0 Å². The third kappa shape index (κ3) is 3.62. The van der Waals surface area contributed by atoms with E-state index in [4.69, 9.17) is 0 Å². The fraction of sp³-hybridized carbons (Fsp3) is 0. The summed E-state index contributed by atoms with van der Waals surface area (Å²) in [7, 11) is 0. The van der Waals surface area contributed by atoms with Crippen molar-refractivity contribution in [3.8, 4) is 61.3 Å². The Balaban J connectivity index is 1.17. The number of aromatic amines is 2. The molecule has 0 saturated heterocycles. The molecular formula is C46H29N3. The maximum Gasteiger partial charge on any atom is 0.124 e. The molecule has 0 aliphatic heterocycles. The predicted octanol–water partition coefficient (Wildman–Crippen LogP) is 12.4. The van der Waals surface area contributed by atoms with Crippen LogP contribution in [0.25, 0.3) is 105 Å². The molecule has 49 heavy (non-hydrogen) atoms. The van der Waals surface area contributed by atoms with E-state index in [1.165, 1.54) is 88.0 Å². The third-order valence-electron chi connectivity index (χ3n) is 10.5. The van der Waals surface area contributed by atoms with Gasteiger partial charge in [0.1, 0.15) is 11.3 Å². The van der Waals surface area contributed by atoms with E-state index in [0.717, 1.165) is 17.0 Å². The Hall–Kier alpha value is -6.58. The number of nitrogens with one attached hydrogen (secondary N) is 2. The number of hydrogen-bond acceptors (Lipinski definition) is 0. The number of benzene rings is 7. The molecule has 2 N–H and O–H groups in total. The van der Waals surface area contributed by atoms with Crippen LogP contribution in [0.2, 0.25) is 0 Å². The molecule has 228 valence electrons. The highest BCUT2D eigenvalue weighted by Crippen LogP contribution is 2.58. The second-order valence-electron chi connectivity index (χ2n) is 13.0. The first-order chi connectivity index (χ1) is 24.3. The second-order valence-corrected chi connectivity index (χ2v) is 13.0. The zero-order valence-electron chi connectivity index (χ0n) is 26.5. The Morgan fingerprint density at radius 1 is 0.327 bits per heavy atom. The van der Waals surface area contributed by atoms with E-state index in [-0.39, 0.29) is 0 Å². The largest absolute Gasteiger partial charge is 0.347 e. The first-order valence-electron chi connectivity index (χ1n) is 16.9. The summed E-state index contributed by atoms with van der Waals surface area (Å²) in [5.74, 6) is 0. The van der Waals surface area contributed by atoms with Crippen molar-refractivity contribution in [1.82, 2.24) is 14.5 Å². The van der Waals surface area contributed by atoms with Crippen LogP contribution in [-0.4, -0.2) is 14.5 Å². The van der Waals surface area contributed by atoms with Gasteiger partial charge in [-0.15, -0.1) is 0 Å². The topological polar surface area (TPSA) is 36.5 Å². The summed E-state index contributed by atoms with van der Waals surface area (Å²) in [5, 5.41) is 7.62. The van der Waals surface area contributed by atoms with E-state index in [0.29, 0.717) is 0 Å². The number of fused-ring (bicyclic) bond motifs is 7. The van der Waals surface area contributed by atoms with E-state index in [1.54, 1.807) is 0 Å². The van der Waals surface area contributed by atoms with Gasteiger partial charge in [-0.1, -0.05) is 127 Å². The minimum Gasteiger partial charge on any atom is -0.347 e. The number of hydrogen-bond donors (Lipinski definition) is 2. The summed E-state index contributed by atoms with van der Waals surface area (Å²) >= 11 is 0. The van der Waals surface area contributed by atoms with E-state index < -0.39 is 0 Å². The van der Waals surface area contributed by atoms with Crippen LogP contribution in [-0.2, 0) is 0 Å². The summed E-state index contributed by atoms with van der Waals surface area (Å²) in [6.45, 7) is 0. The first-order valence-corrected chi connectivity index (χ1v) is 16.9. The summed E-state index contributed by atoms with van der Waals surface area (Å²) in [6, 6.07) is 55.7. The van der Waals surface area contributed by atoms with Gasteiger partial charge in [0.15, 0.2) is 0 Å². The van der Waals surface area contributed by atoms with Gasteiger partial charge in [-0.2, -0.15) is 0 Å². The van der Waals surface area contributed by atoms with Crippen LogP contribution in [0.1, 0.15) is 0 Å². The van der Waals surface area contributed by atoms with Crippen LogP contribution in [0.5, 0.6) is 0 Å². The lowest BCUT2D eigenvalue weighted by atomic mass is 9.82. The number of nitrogens with zero attached hydrogens (tertiary/aromatic N) is 1. The Kier molecular flexibility index (Phi) is 5.38. The SMILES string of the molecule is c1ccc(-c2c3c(c(-c4ccccc4)c4ccccc24)-c2ccc(-c4ccc(-n5c6[nH]ccc6c6cc[nH]c65)cc4)c4cccc-3c24)cc1. The lowest BCUT2D eigenvalue weighted by Crippen LogP contribution is -1.95. The minimum absolute atomic E-state index is 1.11. The maximum absolute atomic E-state index is 3.45. The Labute approximate surface area is 282 Å². The minimum atomic E-state index is 1.11. The van der Waals surface area contributed by atoms with Crippen LogP contribution in [0.4, 0.5) is 0 Å². The van der Waals surface area contributed by atoms with Crippen molar-refractivity contribution in [3.05, 3.63) is 164 Å². The smallest absolute Gasteiger partial charge is 0.124 e. The maximum atomic E-state index is 3.45. The van der Waals surface area contributed by atoms with E-state index in [9.17, 15) is 0 Å². The van der Waals surface area contributed by atoms with E-state index in [2.05, 4.69) is 166 Å². The molecule has 0 unspecified atom stereocenters. The molecule has 0 amide bonds. The van der Waals surface area contributed by atoms with Gasteiger partial charge in [0, 0.05) is 28.9 Å². The van der Waals surface area contributed by atoms with Crippen LogP contribution < -0.4 is 0 Å². The Bertz CT molecular complexity index is 2760. The van der Waals surface area contributed by atoms with Crippen LogP contribution in [0, 0.1) is 0 Å². The first kappa shape index (κ1) is 26.5. The molecule has 3 aromatic heterocycles. The molecule has 0 saturated carbocycles. The lowest BCUT2D eigenvalue weighted by molar-refractivity contribution is 1.12. The number of rotatable bonds is 4. The molecule has 10 aromatic rings. The number of aromatic nitrogens is 3. The second kappa shape index (κ2) is 9.96. The molecule has 1 aliphatic carbocycles. The quantitative estimate of drug-likeness (QED) is 0.196. The van der Waals surface area contributed by atoms with Gasteiger partial charge < -0.3 is 9.97 Å². The van der Waals surface area contributed by atoms with E-state index in [1.807, 2.05) is 12.4 Å². The molecule has 7 aromatic carbocycles. The summed E-state index contributed by atoms with van der Waals surface area (Å²) in [5.41, 5.74) is 16.1. The van der Waals surface area contributed by atoms with Gasteiger partial charge >= 0.3 is 0 Å². The average Bonchev–Trinajstić information content (AvgIpc) is 3.95. The van der Waals surface area contributed by atoms with Gasteiger partial charge in [0.05, 0.1) is 0 Å². The highest BCUT2D eigenvalue weighted by atomic mass is 15.1. The molecule has 3 heterocycles. The average molecular weight is 624 g/mol. The van der Waals surface area contributed by atoms with Crippen LogP contribution in [0.15, 0.2) is 164 Å². The molecule has 0 atom stereocenters. The third-order valence-corrected chi connectivity index (χ3v) is 10.5. The summed E-state index contributed by atoms with van der Waals surface area (Å²) in [4.78, 5) is 6.90. The van der Waals surface area contributed by atoms with Crippen molar-refractivity contribution < 1.29 is 0 Å². The van der Waals surface area contributed by atoms with Crippen molar-refractivity contribution >= 4 is 43.6 Å². The van der Waals surface area contributed by atoms with Gasteiger partial charge in [0.25, 0.3) is 0 Å². The van der Waals surface area contributed by atoms with Gasteiger partial charge in [-0.25, -0.2) is 0 Å². The van der Waals surface area contributed by atoms with Crippen molar-refractivity contribution in [3.63, 3.8) is 0 Å². The molecule has 0 spiro atoms. The summed E-state index contributed by atoms with van der Waals surface area (Å²) < 4.78 is 2.28. The van der Waals surface area contributed by atoms with Gasteiger partial charge in [0.2, 0.25) is 0 Å². The van der Waals surface area contributed by atoms with Crippen LogP contribution >= 0.6 is 0 Å². The monoisotopic (exact) mass is 623 g/mol. The zero-order chi connectivity index (χ0) is 32.1. The zero-order valence-corrected chi connectivity index (χ0v) is 26.5. The van der Waals surface area contributed by atoms with E-state index >= 15 is 0 Å². The molecule has 1 aliphatic rings. The molecule has 11 rings (SSSR count). The summed E-state index contributed by atoms with van der Waals surface area (Å²) in [6.07, 6.45) is 4.03. The van der Waals surface area contributed by atoms with Gasteiger partial charge in [-0.3, -0.25) is 4.57 Å². The highest BCUT2D eigenvalue weighted by Gasteiger charge is 2.31. The molecule has 0 bridgehead atoms. The Morgan fingerprint density at radius 2 is 0.837 bits per heavy atom. The lowest BCUT2D eigenvalue weighted by Gasteiger charge is -2.20. The van der Waals surface area contributed by atoms with Gasteiger partial charge in [-0.05, 0) is 101 Å². The molecule has 3 heteroatoms. The molecule has 0 fully saturated rings. The number of H-pyrrole nitrogens is 2.